The van der Waals surface area contributed by atoms with Crippen LogP contribution in [-0.2, 0) is 11.6 Å². The first-order valence-corrected chi connectivity index (χ1v) is 10.3. The van der Waals surface area contributed by atoms with Crippen molar-refractivity contribution in [2.24, 2.45) is 0 Å². The Hall–Kier alpha value is -2.98. The Balaban J connectivity index is 2.76. The second-order valence-electron chi connectivity index (χ2n) is 7.86. The molecule has 2 aromatic rings. The molecule has 0 bridgehead atoms. The maximum absolute atomic E-state index is 14.4. The van der Waals surface area contributed by atoms with Crippen molar-refractivity contribution in [3.8, 4) is 0 Å². The molecule has 0 radical (unpaired) electrons. The monoisotopic (exact) mass is 505 g/mol. The van der Waals surface area contributed by atoms with Crippen LogP contribution in [0.15, 0.2) is 79.4 Å². The van der Waals surface area contributed by atoms with E-state index in [4.69, 9.17) is 0 Å². The highest BCUT2D eigenvalue weighted by molar-refractivity contribution is 5.45. The Morgan fingerprint density at radius 2 is 1.49 bits per heavy atom. The predicted molar refractivity (Wildman–Crippen MR) is 117 cm³/mol. The summed E-state index contributed by atoms with van der Waals surface area (Å²) in [6.07, 6.45) is -8.54. The quantitative estimate of drug-likeness (QED) is 0.287. The Labute approximate surface area is 197 Å². The van der Waals surface area contributed by atoms with Gasteiger partial charge in [-0.15, -0.1) is 0 Å². The largest absolute Gasteiger partial charge is 0.416 e. The lowest BCUT2D eigenvalue weighted by Gasteiger charge is -2.37. The molecule has 0 saturated heterocycles. The molecular formula is C25H23F8NO. The van der Waals surface area contributed by atoms with Crippen LogP contribution in [0.3, 0.4) is 0 Å². The van der Waals surface area contributed by atoms with Crippen LogP contribution < -0.4 is 5.32 Å². The average molecular weight is 505 g/mol. The highest BCUT2D eigenvalue weighted by Gasteiger charge is 2.41. The fourth-order valence-electron chi connectivity index (χ4n) is 3.67. The number of nitrogens with one attached hydrogen (secondary N) is 1. The molecule has 10 heteroatoms. The van der Waals surface area contributed by atoms with Crippen molar-refractivity contribution in [3.63, 3.8) is 0 Å². The molecule has 2 rings (SSSR count). The summed E-state index contributed by atoms with van der Waals surface area (Å²) in [5.41, 5.74) is -2.53. The van der Waals surface area contributed by atoms with Gasteiger partial charge in [0.1, 0.15) is 11.6 Å². The maximum Gasteiger partial charge on any atom is 0.416 e. The van der Waals surface area contributed by atoms with Crippen molar-refractivity contribution in [2.75, 3.05) is 13.1 Å². The molecule has 0 aliphatic rings. The van der Waals surface area contributed by atoms with Gasteiger partial charge in [-0.1, -0.05) is 43.5 Å². The van der Waals surface area contributed by atoms with Crippen LogP contribution in [0, 0.1) is 11.6 Å². The molecule has 1 unspecified atom stereocenters. The van der Waals surface area contributed by atoms with E-state index in [1.807, 2.05) is 0 Å². The third-order valence-corrected chi connectivity index (χ3v) is 5.42. The maximum atomic E-state index is 14.4. The number of rotatable bonds is 10. The van der Waals surface area contributed by atoms with Gasteiger partial charge in [-0.25, -0.2) is 8.78 Å². The van der Waals surface area contributed by atoms with Crippen LogP contribution in [0.1, 0.15) is 23.1 Å². The third kappa shape index (κ3) is 7.25. The molecule has 0 aromatic heterocycles. The van der Waals surface area contributed by atoms with Gasteiger partial charge in [-0.3, -0.25) is 0 Å². The summed E-state index contributed by atoms with van der Waals surface area (Å²) in [5, 5.41) is 11.8. The normalized spacial score (nSPS) is 15.4. The summed E-state index contributed by atoms with van der Waals surface area (Å²) in [6.45, 7) is 5.75. The molecule has 0 fully saturated rings. The minimum atomic E-state index is -4.94. The molecule has 0 saturated carbocycles. The van der Waals surface area contributed by atoms with E-state index in [0.29, 0.717) is 17.7 Å². The molecule has 35 heavy (non-hydrogen) atoms. The van der Waals surface area contributed by atoms with Gasteiger partial charge in [0.2, 0.25) is 0 Å². The molecule has 2 N–H and O–H groups in total. The Kier molecular flexibility index (Phi) is 9.02. The summed E-state index contributed by atoms with van der Waals surface area (Å²) in [4.78, 5) is 0. The van der Waals surface area contributed by atoms with Crippen molar-refractivity contribution in [3.05, 3.63) is 108 Å². The molecule has 0 aliphatic carbocycles. The minimum absolute atomic E-state index is 0.163. The Morgan fingerprint density at radius 1 is 0.886 bits per heavy atom. The van der Waals surface area contributed by atoms with E-state index in [9.17, 15) is 40.2 Å². The minimum Gasteiger partial charge on any atom is -0.382 e. The van der Waals surface area contributed by atoms with Gasteiger partial charge in [0.25, 0.3) is 0 Å². The number of benzene rings is 2. The molecule has 2 atom stereocenters. The van der Waals surface area contributed by atoms with E-state index in [1.165, 1.54) is 30.4 Å². The number of allylic oxidation sites excluding steroid dienone is 4. The number of halogens is 8. The first-order valence-electron chi connectivity index (χ1n) is 10.3. The number of hydrogen-bond acceptors (Lipinski definition) is 2. The standard InChI is InChI=1S/C25H23F8NO/c1-3-5-16(4-2)13-23(17-6-8-20(26)9-7-17,15-34-14-22(35)25(31,32)33)18-10-19(24(28,29)30)12-21(27)11-18/h3-12,22,34-35H,1-2,13-15H2/b16-5+/t22-,23?/m0/s1. The van der Waals surface area contributed by atoms with E-state index in [1.54, 1.807) is 0 Å². The molecule has 2 nitrogen and oxygen atoms in total. The summed E-state index contributed by atoms with van der Waals surface area (Å²) in [6, 6.07) is 6.41. The number of alkyl halides is 6. The van der Waals surface area contributed by atoms with E-state index < -0.39 is 54.2 Å². The van der Waals surface area contributed by atoms with Crippen LogP contribution in [0.25, 0.3) is 0 Å². The van der Waals surface area contributed by atoms with E-state index >= 15 is 0 Å². The predicted octanol–water partition coefficient (Wildman–Crippen LogP) is 6.47. The highest BCUT2D eigenvalue weighted by atomic mass is 19.4. The van der Waals surface area contributed by atoms with Crippen molar-refractivity contribution in [2.45, 2.75) is 30.3 Å². The number of hydrogen-bond donors (Lipinski definition) is 2. The van der Waals surface area contributed by atoms with Crippen LogP contribution in [0.2, 0.25) is 0 Å². The molecule has 2 aromatic carbocycles. The lowest BCUT2D eigenvalue weighted by atomic mass is 9.69. The molecule has 0 aliphatic heterocycles. The van der Waals surface area contributed by atoms with Crippen LogP contribution in [0.5, 0.6) is 0 Å². The zero-order valence-corrected chi connectivity index (χ0v) is 18.4. The van der Waals surface area contributed by atoms with E-state index in [0.717, 1.165) is 18.2 Å². The van der Waals surface area contributed by atoms with Gasteiger partial charge in [0, 0.05) is 18.5 Å². The third-order valence-electron chi connectivity index (χ3n) is 5.42. The molecular weight excluding hydrogens is 482 g/mol. The van der Waals surface area contributed by atoms with Gasteiger partial charge in [-0.2, -0.15) is 26.3 Å². The van der Waals surface area contributed by atoms with E-state index in [2.05, 4.69) is 18.5 Å². The van der Waals surface area contributed by atoms with Crippen molar-refractivity contribution < 1.29 is 40.2 Å². The fourth-order valence-corrected chi connectivity index (χ4v) is 3.67. The van der Waals surface area contributed by atoms with Crippen molar-refractivity contribution >= 4 is 0 Å². The highest BCUT2D eigenvalue weighted by Crippen LogP contribution is 2.41. The lowest BCUT2D eigenvalue weighted by Crippen LogP contribution is -2.45. The topological polar surface area (TPSA) is 32.3 Å². The lowest BCUT2D eigenvalue weighted by molar-refractivity contribution is -0.201. The summed E-state index contributed by atoms with van der Waals surface area (Å²) in [5.74, 6) is -1.88. The molecule has 0 amide bonds. The molecule has 0 spiro atoms. The summed E-state index contributed by atoms with van der Waals surface area (Å²) < 4.78 is 107. The summed E-state index contributed by atoms with van der Waals surface area (Å²) in [7, 11) is 0. The summed E-state index contributed by atoms with van der Waals surface area (Å²) >= 11 is 0. The second kappa shape index (κ2) is 11.2. The fraction of sp³-hybridized carbons (Fsp3) is 0.280. The first-order chi connectivity index (χ1) is 16.2. The van der Waals surface area contributed by atoms with Crippen LogP contribution in [-0.4, -0.2) is 30.5 Å². The van der Waals surface area contributed by atoms with Gasteiger partial charge >= 0.3 is 12.4 Å². The Bertz CT molecular complexity index is 1060. The average Bonchev–Trinajstić information content (AvgIpc) is 2.76. The van der Waals surface area contributed by atoms with Crippen LogP contribution >= 0.6 is 0 Å². The molecule has 190 valence electrons. The van der Waals surface area contributed by atoms with Gasteiger partial charge in [-0.05, 0) is 53.5 Å². The number of aliphatic hydroxyl groups is 1. The molecule has 0 heterocycles. The van der Waals surface area contributed by atoms with Crippen molar-refractivity contribution in [1.29, 1.82) is 0 Å². The van der Waals surface area contributed by atoms with Gasteiger partial charge < -0.3 is 10.4 Å². The number of aliphatic hydroxyl groups excluding tert-OH is 1. The second-order valence-corrected chi connectivity index (χ2v) is 7.86. The zero-order valence-electron chi connectivity index (χ0n) is 18.4. The van der Waals surface area contributed by atoms with Gasteiger partial charge in [0.05, 0.1) is 5.56 Å². The van der Waals surface area contributed by atoms with Crippen molar-refractivity contribution in [1.82, 2.24) is 5.32 Å². The Morgan fingerprint density at radius 3 is 2.00 bits per heavy atom. The first kappa shape index (κ1) is 28.3. The van der Waals surface area contributed by atoms with Crippen LogP contribution in [0.4, 0.5) is 35.1 Å². The zero-order chi connectivity index (χ0) is 26.4. The SMILES string of the molecule is C=C/C=C(\C=C)CC(CNC[C@H](O)C(F)(F)F)(c1ccc(F)cc1)c1cc(F)cc(C(F)(F)F)c1. The van der Waals surface area contributed by atoms with E-state index in [-0.39, 0.29) is 17.5 Å². The smallest absolute Gasteiger partial charge is 0.382 e. The van der Waals surface area contributed by atoms with Gasteiger partial charge in [0.15, 0.2) is 6.10 Å².